The first-order valence-corrected chi connectivity index (χ1v) is 4.49. The second-order valence-electron chi connectivity index (χ2n) is 2.75. The van der Waals surface area contributed by atoms with Crippen molar-refractivity contribution in [3.8, 4) is 0 Å². The SMILES string of the molecule is [2H]c1c([2H])c([2H])c(C(=O)O)c([2H])c1[2H].[2H]c1cc(C(=O)[O-])cc([2H])c1[2H].[Na+]. The van der Waals surface area contributed by atoms with Crippen molar-refractivity contribution in [1.82, 2.24) is 0 Å². The van der Waals surface area contributed by atoms with E-state index in [0.717, 1.165) is 12.1 Å². The topological polar surface area (TPSA) is 77.4 Å². The smallest absolute Gasteiger partial charge is 0.545 e. The number of carboxylic acid groups (broad SMARTS) is 2. The van der Waals surface area contributed by atoms with Crippen molar-refractivity contribution >= 4 is 11.9 Å². The van der Waals surface area contributed by atoms with E-state index in [9.17, 15) is 14.7 Å². The first kappa shape index (κ1) is 7.85. The number of carbonyl (C=O) groups excluding carboxylic acids is 1. The third-order valence-corrected chi connectivity index (χ3v) is 1.55. The third-order valence-electron chi connectivity index (χ3n) is 1.55. The third kappa shape index (κ3) is 6.76. The molecule has 0 unspecified atom stereocenters. The van der Waals surface area contributed by atoms with Crippen LogP contribution in [0.25, 0.3) is 0 Å². The molecule has 0 aliphatic heterocycles. The Morgan fingerprint density at radius 3 is 1.84 bits per heavy atom. The van der Waals surface area contributed by atoms with E-state index in [1.54, 1.807) is 0 Å². The molecule has 0 saturated heterocycles. The minimum absolute atomic E-state index is 0. The molecule has 0 bridgehead atoms. The van der Waals surface area contributed by atoms with Gasteiger partial charge in [-0.15, -0.1) is 0 Å². The number of benzene rings is 2. The maximum Gasteiger partial charge on any atom is 1.00 e. The van der Waals surface area contributed by atoms with E-state index >= 15 is 0 Å². The van der Waals surface area contributed by atoms with Gasteiger partial charge in [0.15, 0.2) is 0 Å². The minimum atomic E-state index is -1.53. The van der Waals surface area contributed by atoms with Gasteiger partial charge in [-0.05, 0) is 17.6 Å². The number of carbonyl (C=O) groups is 2. The Morgan fingerprint density at radius 1 is 0.947 bits per heavy atom. The Balaban J connectivity index is 0.000000488. The molecule has 0 aliphatic rings. The molecule has 0 saturated carbocycles. The summed E-state index contributed by atoms with van der Waals surface area (Å²) in [5.74, 6) is -2.96. The predicted molar refractivity (Wildman–Crippen MR) is 64.2 cm³/mol. The summed E-state index contributed by atoms with van der Waals surface area (Å²) in [4.78, 5) is 20.9. The van der Waals surface area contributed by atoms with E-state index in [1.807, 2.05) is 0 Å². The number of hydrogen-bond donors (Lipinski definition) is 1. The molecular weight excluding hydrogens is 255 g/mol. The van der Waals surface area contributed by atoms with Crippen LogP contribution in [0.5, 0.6) is 0 Å². The van der Waals surface area contributed by atoms with E-state index in [4.69, 9.17) is 16.1 Å². The van der Waals surface area contributed by atoms with Gasteiger partial charge in [0.25, 0.3) is 0 Å². The largest absolute Gasteiger partial charge is 1.00 e. The van der Waals surface area contributed by atoms with Crippen LogP contribution in [0, 0.1) is 0 Å². The van der Waals surface area contributed by atoms with Crippen LogP contribution in [0.3, 0.4) is 0 Å². The molecule has 0 atom stereocenters. The van der Waals surface area contributed by atoms with Crippen LogP contribution in [-0.4, -0.2) is 17.0 Å². The first-order valence-electron chi connectivity index (χ1n) is 8.49. The van der Waals surface area contributed by atoms with Crippen LogP contribution in [-0.2, 0) is 0 Å². The standard InChI is InChI=1S/2C7H6O2.Na/c2*8-7(9)6-4-2-1-3-5-6;/h2*1-5H,(H,8,9);/q;;+1/p-1/i1D,2D,3D,4D,5D;1D,2D,3D;. The summed E-state index contributed by atoms with van der Waals surface area (Å²) in [6.45, 7) is 0. The molecule has 2 aromatic carbocycles. The van der Waals surface area contributed by atoms with E-state index in [0.29, 0.717) is 0 Å². The molecule has 0 aliphatic carbocycles. The number of rotatable bonds is 2. The molecule has 19 heavy (non-hydrogen) atoms. The quantitative estimate of drug-likeness (QED) is 0.672. The fourth-order valence-corrected chi connectivity index (χ4v) is 0.786. The summed E-state index contributed by atoms with van der Waals surface area (Å²) in [5.41, 5.74) is -0.933. The zero-order valence-corrected chi connectivity index (χ0v) is 11.8. The molecule has 92 valence electrons. The Labute approximate surface area is 144 Å². The molecule has 1 N–H and O–H groups in total. The van der Waals surface area contributed by atoms with Crippen LogP contribution >= 0.6 is 0 Å². The van der Waals surface area contributed by atoms with Crippen LogP contribution in [0.1, 0.15) is 31.7 Å². The van der Waals surface area contributed by atoms with Crippen LogP contribution in [0.2, 0.25) is 0 Å². The zero-order valence-electron chi connectivity index (χ0n) is 17.8. The Hall–Kier alpha value is -1.62. The normalized spacial score (nSPS) is 14.3. The molecule has 0 heterocycles. The second kappa shape index (κ2) is 9.33. The van der Waals surface area contributed by atoms with Gasteiger partial charge in [-0.1, -0.05) is 48.4 Å². The van der Waals surface area contributed by atoms with Gasteiger partial charge in [0.1, 0.15) is 0 Å². The molecule has 0 fully saturated rings. The average molecular weight is 274 g/mol. The molecule has 0 aromatic heterocycles. The monoisotopic (exact) mass is 274 g/mol. The molecular formula is C14H11NaO4. The summed E-state index contributed by atoms with van der Waals surface area (Å²) in [5, 5.41) is 18.9. The number of aromatic carboxylic acids is 2. The van der Waals surface area contributed by atoms with Crippen LogP contribution in [0.15, 0.2) is 60.5 Å². The van der Waals surface area contributed by atoms with Crippen molar-refractivity contribution in [1.29, 1.82) is 0 Å². The van der Waals surface area contributed by atoms with E-state index < -0.39 is 47.7 Å². The van der Waals surface area contributed by atoms with Gasteiger partial charge in [0, 0.05) is 0 Å². The zero-order chi connectivity index (χ0) is 20.3. The van der Waals surface area contributed by atoms with Gasteiger partial charge in [-0.2, -0.15) is 0 Å². The first-order chi connectivity index (χ1) is 11.9. The van der Waals surface area contributed by atoms with Crippen molar-refractivity contribution in [3.63, 3.8) is 0 Å². The maximum absolute atomic E-state index is 10.6. The summed E-state index contributed by atoms with van der Waals surface area (Å²) < 4.78 is 57.2. The molecule has 0 radical (unpaired) electrons. The summed E-state index contributed by atoms with van der Waals surface area (Å²) in [6.07, 6.45) is 0. The summed E-state index contributed by atoms with van der Waals surface area (Å²) in [6, 6.07) is -2.09. The summed E-state index contributed by atoms with van der Waals surface area (Å²) in [7, 11) is 0. The van der Waals surface area contributed by atoms with Crippen molar-refractivity contribution < 1.29 is 60.3 Å². The van der Waals surface area contributed by atoms with Gasteiger partial charge < -0.3 is 15.0 Å². The van der Waals surface area contributed by atoms with Crippen LogP contribution in [0.4, 0.5) is 0 Å². The molecule has 2 rings (SSSR count). The fourth-order valence-electron chi connectivity index (χ4n) is 0.786. The van der Waals surface area contributed by atoms with Gasteiger partial charge in [-0.3, -0.25) is 0 Å². The Bertz CT molecular complexity index is 851. The predicted octanol–water partition coefficient (Wildman–Crippen LogP) is -1.56. The van der Waals surface area contributed by atoms with Crippen molar-refractivity contribution in [2.24, 2.45) is 0 Å². The van der Waals surface area contributed by atoms with Gasteiger partial charge in [-0.25, -0.2) is 4.79 Å². The van der Waals surface area contributed by atoms with Crippen molar-refractivity contribution in [3.05, 3.63) is 71.6 Å². The van der Waals surface area contributed by atoms with Crippen molar-refractivity contribution in [2.75, 3.05) is 0 Å². The molecule has 4 nitrogen and oxygen atoms in total. The minimum Gasteiger partial charge on any atom is -0.545 e. The van der Waals surface area contributed by atoms with Crippen molar-refractivity contribution in [2.45, 2.75) is 0 Å². The molecule has 0 spiro atoms. The second-order valence-corrected chi connectivity index (χ2v) is 2.75. The Morgan fingerprint density at radius 2 is 1.42 bits per heavy atom. The fraction of sp³-hybridized carbons (Fsp3) is 0. The molecule has 5 heteroatoms. The maximum atomic E-state index is 10.6. The number of hydrogen-bond acceptors (Lipinski definition) is 3. The van der Waals surface area contributed by atoms with Crippen LogP contribution < -0.4 is 34.7 Å². The van der Waals surface area contributed by atoms with E-state index in [2.05, 4.69) is 0 Å². The van der Waals surface area contributed by atoms with Gasteiger partial charge >= 0.3 is 35.5 Å². The summed E-state index contributed by atoms with van der Waals surface area (Å²) >= 11 is 0. The molecule has 0 amide bonds. The van der Waals surface area contributed by atoms with Gasteiger partial charge in [0.05, 0.1) is 22.5 Å². The average Bonchev–Trinajstić information content (AvgIpc) is 2.56. The molecule has 2 aromatic rings. The van der Waals surface area contributed by atoms with E-state index in [1.165, 1.54) is 0 Å². The number of carboxylic acids is 2. The van der Waals surface area contributed by atoms with Gasteiger partial charge in [0.2, 0.25) is 0 Å². The van der Waals surface area contributed by atoms with E-state index in [-0.39, 0.29) is 53.2 Å². The Kier molecular flexibility index (Phi) is 3.85.